The molecule has 0 saturated heterocycles. The molecule has 0 spiro atoms. The van der Waals surface area contributed by atoms with Crippen molar-refractivity contribution in [2.24, 2.45) is 0 Å². The topological polar surface area (TPSA) is 102 Å². The number of methoxy groups -OCH3 is 1. The Balaban J connectivity index is 1.91. The zero-order valence-corrected chi connectivity index (χ0v) is 15.6. The highest BCUT2D eigenvalue weighted by Gasteiger charge is 2.15. The first kappa shape index (κ1) is 19.1. The number of pyridine rings is 1. The van der Waals surface area contributed by atoms with Gasteiger partial charge in [0.2, 0.25) is 0 Å². The number of nitrogens with one attached hydrogen (secondary N) is 2. The molecule has 0 saturated carbocycles. The third kappa shape index (κ3) is 3.85. The molecule has 0 aliphatic heterocycles. The molecule has 0 unspecified atom stereocenters. The van der Waals surface area contributed by atoms with Gasteiger partial charge in [-0.3, -0.25) is 18.8 Å². The quantitative estimate of drug-likeness (QED) is 0.682. The number of fused-ring (bicyclic) bond motifs is 1. The number of ether oxygens (including phenoxy) is 1. The molecule has 8 nitrogen and oxygen atoms in total. The molecule has 2 amide bonds. The van der Waals surface area contributed by atoms with Gasteiger partial charge in [0.1, 0.15) is 11.4 Å². The summed E-state index contributed by atoms with van der Waals surface area (Å²) >= 11 is 0. The van der Waals surface area contributed by atoms with Crippen LogP contribution in [0.1, 0.15) is 34.1 Å². The van der Waals surface area contributed by atoms with Gasteiger partial charge in [0, 0.05) is 18.3 Å². The maximum Gasteiger partial charge on any atom is 0.281 e. The second-order valence-electron chi connectivity index (χ2n) is 6.03. The van der Waals surface area contributed by atoms with Crippen molar-refractivity contribution >= 4 is 23.1 Å². The standard InChI is InChI=1S/C20H20N4O4/c1-3-10-21-19(26)15-5-4-11-24-17(15)22-12-16(20(24)27)23-18(25)13-6-8-14(28-2)9-7-13/h4-9,11-12H,3,10H2,1-2H3,(H,21,26)(H,23,25). The SMILES string of the molecule is CCCNC(=O)c1cccn2c(=O)c(NC(=O)c3ccc(OC)cc3)cnc12. The fourth-order valence-electron chi connectivity index (χ4n) is 2.64. The van der Waals surface area contributed by atoms with Crippen LogP contribution in [0.4, 0.5) is 5.69 Å². The van der Waals surface area contributed by atoms with Crippen molar-refractivity contribution in [3.63, 3.8) is 0 Å². The highest BCUT2D eigenvalue weighted by molar-refractivity contribution is 6.04. The van der Waals surface area contributed by atoms with Crippen LogP contribution in [-0.4, -0.2) is 34.9 Å². The number of hydrogen-bond acceptors (Lipinski definition) is 5. The molecule has 8 heteroatoms. The first-order valence-electron chi connectivity index (χ1n) is 8.79. The van der Waals surface area contributed by atoms with E-state index in [1.54, 1.807) is 36.4 Å². The summed E-state index contributed by atoms with van der Waals surface area (Å²) in [5.41, 5.74) is 0.434. The van der Waals surface area contributed by atoms with Crippen LogP contribution >= 0.6 is 0 Å². The Labute approximate surface area is 161 Å². The molecule has 1 aromatic carbocycles. The van der Waals surface area contributed by atoms with Gasteiger partial charge in [-0.05, 0) is 42.8 Å². The minimum atomic E-state index is -0.475. The molecule has 28 heavy (non-hydrogen) atoms. The van der Waals surface area contributed by atoms with Gasteiger partial charge in [0.15, 0.2) is 5.65 Å². The molecule has 0 fully saturated rings. The van der Waals surface area contributed by atoms with Crippen molar-refractivity contribution in [1.29, 1.82) is 0 Å². The summed E-state index contributed by atoms with van der Waals surface area (Å²) in [6.07, 6.45) is 3.56. The molecule has 3 rings (SSSR count). The smallest absolute Gasteiger partial charge is 0.281 e. The van der Waals surface area contributed by atoms with Gasteiger partial charge in [-0.2, -0.15) is 0 Å². The number of anilines is 1. The normalized spacial score (nSPS) is 10.5. The lowest BCUT2D eigenvalue weighted by molar-refractivity contribution is 0.0953. The highest BCUT2D eigenvalue weighted by Crippen LogP contribution is 2.13. The van der Waals surface area contributed by atoms with E-state index in [2.05, 4.69) is 15.6 Å². The van der Waals surface area contributed by atoms with Gasteiger partial charge in [0.25, 0.3) is 17.4 Å². The maximum atomic E-state index is 12.7. The number of carbonyl (C=O) groups is 2. The lowest BCUT2D eigenvalue weighted by Gasteiger charge is -2.10. The molecule has 2 N–H and O–H groups in total. The number of hydrogen-bond donors (Lipinski definition) is 2. The molecule has 144 valence electrons. The van der Waals surface area contributed by atoms with E-state index in [0.29, 0.717) is 23.4 Å². The molecule has 0 atom stereocenters. The number of aromatic nitrogens is 2. The molecule has 0 bridgehead atoms. The monoisotopic (exact) mass is 380 g/mol. The Morgan fingerprint density at radius 2 is 1.89 bits per heavy atom. The second kappa shape index (κ2) is 8.34. The molecular weight excluding hydrogens is 360 g/mol. The Morgan fingerprint density at radius 1 is 1.14 bits per heavy atom. The van der Waals surface area contributed by atoms with Crippen LogP contribution in [0, 0.1) is 0 Å². The molecule has 3 aromatic rings. The van der Waals surface area contributed by atoms with E-state index in [0.717, 1.165) is 6.42 Å². The number of nitrogens with zero attached hydrogens (tertiary/aromatic N) is 2. The number of carbonyl (C=O) groups excluding carboxylic acids is 2. The van der Waals surface area contributed by atoms with Gasteiger partial charge < -0.3 is 15.4 Å². The Kier molecular flexibility index (Phi) is 5.69. The van der Waals surface area contributed by atoms with Gasteiger partial charge in [-0.1, -0.05) is 6.92 Å². The summed E-state index contributed by atoms with van der Waals surface area (Å²) < 4.78 is 6.30. The average Bonchev–Trinajstić information content (AvgIpc) is 2.73. The first-order chi connectivity index (χ1) is 13.5. The zero-order valence-electron chi connectivity index (χ0n) is 15.6. The van der Waals surface area contributed by atoms with Crippen molar-refractivity contribution < 1.29 is 14.3 Å². The Morgan fingerprint density at radius 3 is 2.57 bits per heavy atom. The van der Waals surface area contributed by atoms with Gasteiger partial charge >= 0.3 is 0 Å². The van der Waals surface area contributed by atoms with Crippen LogP contribution < -0.4 is 20.9 Å². The first-order valence-corrected chi connectivity index (χ1v) is 8.79. The van der Waals surface area contributed by atoms with Crippen LogP contribution in [0.2, 0.25) is 0 Å². The van der Waals surface area contributed by atoms with Crippen molar-refractivity contribution in [3.8, 4) is 5.75 Å². The second-order valence-corrected chi connectivity index (χ2v) is 6.03. The van der Waals surface area contributed by atoms with Crippen LogP contribution in [-0.2, 0) is 0 Å². The van der Waals surface area contributed by atoms with E-state index >= 15 is 0 Å². The lowest BCUT2D eigenvalue weighted by atomic mass is 10.2. The minimum Gasteiger partial charge on any atom is -0.497 e. The van der Waals surface area contributed by atoms with E-state index in [1.807, 2.05) is 6.92 Å². The number of amides is 2. The number of rotatable bonds is 6. The average molecular weight is 380 g/mol. The summed E-state index contributed by atoms with van der Waals surface area (Å²) in [5.74, 6) is -0.127. The molecule has 0 aliphatic carbocycles. The molecule has 2 heterocycles. The fourth-order valence-corrected chi connectivity index (χ4v) is 2.64. The van der Waals surface area contributed by atoms with Crippen molar-refractivity contribution in [1.82, 2.24) is 14.7 Å². The van der Waals surface area contributed by atoms with E-state index in [-0.39, 0.29) is 17.2 Å². The summed E-state index contributed by atoms with van der Waals surface area (Å²) in [5, 5.41) is 5.33. The molecule has 2 aromatic heterocycles. The maximum absolute atomic E-state index is 12.7. The van der Waals surface area contributed by atoms with Crippen molar-refractivity contribution in [2.75, 3.05) is 19.0 Å². The fraction of sp³-hybridized carbons (Fsp3) is 0.200. The van der Waals surface area contributed by atoms with E-state index in [9.17, 15) is 14.4 Å². The van der Waals surface area contributed by atoms with E-state index < -0.39 is 11.5 Å². The summed E-state index contributed by atoms with van der Waals surface area (Å²) in [6, 6.07) is 9.68. The third-order valence-corrected chi connectivity index (χ3v) is 4.11. The predicted octanol–water partition coefficient (Wildman–Crippen LogP) is 2.10. The largest absolute Gasteiger partial charge is 0.497 e. The third-order valence-electron chi connectivity index (χ3n) is 4.11. The Hall–Kier alpha value is -3.68. The minimum absolute atomic E-state index is 0.0180. The Bertz CT molecular complexity index is 1070. The molecule has 0 radical (unpaired) electrons. The van der Waals surface area contributed by atoms with Crippen LogP contribution in [0.5, 0.6) is 5.75 Å². The number of benzene rings is 1. The lowest BCUT2D eigenvalue weighted by Crippen LogP contribution is -2.27. The van der Waals surface area contributed by atoms with Gasteiger partial charge in [-0.25, -0.2) is 4.98 Å². The predicted molar refractivity (Wildman–Crippen MR) is 105 cm³/mol. The zero-order chi connectivity index (χ0) is 20.1. The van der Waals surface area contributed by atoms with Gasteiger partial charge in [0.05, 0.1) is 18.9 Å². The van der Waals surface area contributed by atoms with E-state index in [1.165, 1.54) is 23.9 Å². The highest BCUT2D eigenvalue weighted by atomic mass is 16.5. The van der Waals surface area contributed by atoms with Crippen molar-refractivity contribution in [3.05, 3.63) is 70.3 Å². The van der Waals surface area contributed by atoms with Crippen LogP contribution in [0.3, 0.4) is 0 Å². The van der Waals surface area contributed by atoms with Crippen LogP contribution in [0.25, 0.3) is 5.65 Å². The molecular formula is C20H20N4O4. The summed E-state index contributed by atoms with van der Waals surface area (Å²) in [6.45, 7) is 2.48. The van der Waals surface area contributed by atoms with Crippen molar-refractivity contribution in [2.45, 2.75) is 13.3 Å². The summed E-state index contributed by atoms with van der Waals surface area (Å²) in [7, 11) is 1.54. The summed E-state index contributed by atoms with van der Waals surface area (Å²) in [4.78, 5) is 41.6. The van der Waals surface area contributed by atoms with E-state index in [4.69, 9.17) is 4.74 Å². The van der Waals surface area contributed by atoms with Gasteiger partial charge in [-0.15, -0.1) is 0 Å². The molecule has 0 aliphatic rings. The van der Waals surface area contributed by atoms with Crippen LogP contribution in [0.15, 0.2) is 53.6 Å².